The molecular weight excluding hydrogens is 366 g/mol. The zero-order valence-corrected chi connectivity index (χ0v) is 15.8. The molecule has 1 saturated heterocycles. The summed E-state index contributed by atoms with van der Waals surface area (Å²) < 4.78 is 16.6. The minimum absolute atomic E-state index is 0.119. The first-order valence-electron chi connectivity index (χ1n) is 8.90. The summed E-state index contributed by atoms with van der Waals surface area (Å²) in [6, 6.07) is 9.89. The van der Waals surface area contributed by atoms with E-state index in [1.807, 2.05) is 13.0 Å². The first-order valence-corrected chi connectivity index (χ1v) is 9.28. The lowest BCUT2D eigenvalue weighted by Crippen LogP contribution is -2.40. The Hall–Kier alpha value is -2.49. The number of nitriles is 1. The van der Waals surface area contributed by atoms with Crippen molar-refractivity contribution in [3.8, 4) is 17.6 Å². The monoisotopic (exact) mass is 385 g/mol. The molecule has 0 aliphatic carbocycles. The van der Waals surface area contributed by atoms with Crippen molar-refractivity contribution in [3.05, 3.63) is 46.1 Å². The van der Waals surface area contributed by atoms with E-state index in [9.17, 15) is 0 Å². The van der Waals surface area contributed by atoms with E-state index in [4.69, 9.17) is 31.1 Å². The molecular formula is C20H20ClN3O3. The van der Waals surface area contributed by atoms with E-state index < -0.39 is 0 Å². The van der Waals surface area contributed by atoms with Crippen LogP contribution in [0.5, 0.6) is 11.5 Å². The minimum atomic E-state index is -0.119. The van der Waals surface area contributed by atoms with Crippen LogP contribution < -0.4 is 14.8 Å². The second-order valence-corrected chi connectivity index (χ2v) is 7.29. The number of aromatic nitrogens is 1. The summed E-state index contributed by atoms with van der Waals surface area (Å²) in [6.07, 6.45) is 1.76. The summed E-state index contributed by atoms with van der Waals surface area (Å²) >= 11 is 6.33. The van der Waals surface area contributed by atoms with Crippen LogP contribution >= 0.6 is 11.6 Å². The number of rotatable bonds is 4. The highest BCUT2D eigenvalue weighted by molar-refractivity contribution is 6.33. The lowest BCUT2D eigenvalue weighted by Gasteiger charge is -2.38. The van der Waals surface area contributed by atoms with Gasteiger partial charge in [0.2, 0.25) is 6.79 Å². The number of hydrogen-bond donors (Lipinski definition) is 1. The largest absolute Gasteiger partial charge is 0.454 e. The van der Waals surface area contributed by atoms with Crippen LogP contribution in [0.1, 0.15) is 29.7 Å². The Labute approximate surface area is 163 Å². The average Bonchev–Trinajstić information content (AvgIpc) is 3.17. The number of nitrogens with zero attached hydrogens (tertiary/aromatic N) is 2. The van der Waals surface area contributed by atoms with E-state index in [1.54, 1.807) is 6.07 Å². The molecule has 0 spiro atoms. The Morgan fingerprint density at radius 1 is 1.22 bits per heavy atom. The molecule has 1 aromatic heterocycles. The number of nitrogens with one attached hydrogen (secondary N) is 1. The molecule has 7 heteroatoms. The van der Waals surface area contributed by atoms with E-state index in [0.29, 0.717) is 41.9 Å². The number of aryl methyl sites for hydroxylation is 1. The van der Waals surface area contributed by atoms with Crippen LogP contribution in [-0.2, 0) is 10.2 Å². The Morgan fingerprint density at radius 2 is 2.00 bits per heavy atom. The molecule has 0 radical (unpaired) electrons. The predicted molar refractivity (Wildman–Crippen MR) is 101 cm³/mol. The number of halogens is 1. The van der Waals surface area contributed by atoms with Crippen LogP contribution in [0.4, 0.5) is 5.82 Å². The third-order valence-electron chi connectivity index (χ3n) is 5.32. The SMILES string of the molecule is Cc1nc(NCC2(c3ccc4c(c3)OCO4)CCOCC2)c(Cl)cc1C#N. The summed E-state index contributed by atoms with van der Waals surface area (Å²) in [4.78, 5) is 4.47. The molecule has 1 N–H and O–H groups in total. The molecule has 0 saturated carbocycles. The van der Waals surface area contributed by atoms with E-state index in [0.717, 1.165) is 24.3 Å². The minimum Gasteiger partial charge on any atom is -0.454 e. The van der Waals surface area contributed by atoms with Crippen LogP contribution in [0.15, 0.2) is 24.3 Å². The quantitative estimate of drug-likeness (QED) is 0.862. The molecule has 1 aromatic carbocycles. The number of pyridine rings is 1. The molecule has 1 fully saturated rings. The zero-order valence-electron chi connectivity index (χ0n) is 15.0. The maximum atomic E-state index is 9.13. The fraction of sp³-hybridized carbons (Fsp3) is 0.400. The molecule has 6 nitrogen and oxygen atoms in total. The van der Waals surface area contributed by atoms with Crippen molar-refractivity contribution in [2.24, 2.45) is 0 Å². The van der Waals surface area contributed by atoms with Gasteiger partial charge in [0.25, 0.3) is 0 Å². The third-order valence-corrected chi connectivity index (χ3v) is 5.60. The Kier molecular flexibility index (Phi) is 4.81. The lowest BCUT2D eigenvalue weighted by molar-refractivity contribution is 0.0543. The average molecular weight is 386 g/mol. The van der Waals surface area contributed by atoms with Gasteiger partial charge in [-0.1, -0.05) is 17.7 Å². The normalized spacial score (nSPS) is 17.4. The van der Waals surface area contributed by atoms with Gasteiger partial charge in [-0.05, 0) is 43.5 Å². The number of fused-ring (bicyclic) bond motifs is 1. The number of hydrogen-bond acceptors (Lipinski definition) is 6. The summed E-state index contributed by atoms with van der Waals surface area (Å²) in [5, 5.41) is 13.0. The molecule has 0 unspecified atom stereocenters. The molecule has 0 amide bonds. The molecule has 3 heterocycles. The van der Waals surface area contributed by atoms with Gasteiger partial charge >= 0.3 is 0 Å². The second-order valence-electron chi connectivity index (χ2n) is 6.88. The van der Waals surface area contributed by atoms with Crippen molar-refractivity contribution in [2.75, 3.05) is 31.9 Å². The third kappa shape index (κ3) is 3.41. The first-order chi connectivity index (χ1) is 13.1. The number of benzene rings is 1. The van der Waals surface area contributed by atoms with Crippen molar-refractivity contribution in [3.63, 3.8) is 0 Å². The molecule has 0 atom stereocenters. The molecule has 4 rings (SSSR count). The Bertz CT molecular complexity index is 904. The van der Waals surface area contributed by atoms with Crippen molar-refractivity contribution < 1.29 is 14.2 Å². The van der Waals surface area contributed by atoms with Crippen molar-refractivity contribution in [1.29, 1.82) is 5.26 Å². The van der Waals surface area contributed by atoms with E-state index in [1.165, 1.54) is 5.56 Å². The standard InChI is InChI=1S/C20H20ClN3O3/c1-13-14(10-22)8-16(21)19(24-13)23-11-20(4-6-25-7-5-20)15-2-3-17-18(9-15)27-12-26-17/h2-3,8-9H,4-7,11-12H2,1H3,(H,23,24). The Morgan fingerprint density at radius 3 is 2.78 bits per heavy atom. The molecule has 2 aliphatic rings. The predicted octanol–water partition coefficient (Wildman–Crippen LogP) is 3.80. The summed E-state index contributed by atoms with van der Waals surface area (Å²) in [7, 11) is 0. The van der Waals surface area contributed by atoms with Gasteiger partial charge in [0.1, 0.15) is 11.9 Å². The van der Waals surface area contributed by atoms with Crippen molar-refractivity contribution in [2.45, 2.75) is 25.2 Å². The highest BCUT2D eigenvalue weighted by Crippen LogP contribution is 2.41. The zero-order chi connectivity index (χ0) is 18.9. The summed E-state index contributed by atoms with van der Waals surface area (Å²) in [5.74, 6) is 2.16. The molecule has 2 aromatic rings. The fourth-order valence-electron chi connectivity index (χ4n) is 3.63. The highest BCUT2D eigenvalue weighted by atomic mass is 35.5. The molecule has 0 bridgehead atoms. The maximum absolute atomic E-state index is 9.13. The maximum Gasteiger partial charge on any atom is 0.231 e. The van der Waals surface area contributed by atoms with Gasteiger partial charge in [-0.15, -0.1) is 0 Å². The summed E-state index contributed by atoms with van der Waals surface area (Å²) in [5.41, 5.74) is 2.21. The van der Waals surface area contributed by atoms with E-state index in [2.05, 4.69) is 28.5 Å². The highest BCUT2D eigenvalue weighted by Gasteiger charge is 2.36. The van der Waals surface area contributed by atoms with Gasteiger partial charge in [-0.25, -0.2) is 4.98 Å². The van der Waals surface area contributed by atoms with Gasteiger partial charge in [-0.3, -0.25) is 0 Å². The first kappa shape index (κ1) is 17.9. The van der Waals surface area contributed by atoms with E-state index in [-0.39, 0.29) is 12.2 Å². The van der Waals surface area contributed by atoms with Gasteiger partial charge < -0.3 is 19.5 Å². The van der Waals surface area contributed by atoms with Crippen molar-refractivity contribution >= 4 is 17.4 Å². The van der Waals surface area contributed by atoms with Crippen LogP contribution in [-0.4, -0.2) is 31.5 Å². The molecule has 140 valence electrons. The van der Waals surface area contributed by atoms with Gasteiger partial charge in [-0.2, -0.15) is 5.26 Å². The topological polar surface area (TPSA) is 76.4 Å². The lowest BCUT2D eigenvalue weighted by atomic mass is 9.74. The fourth-order valence-corrected chi connectivity index (χ4v) is 3.85. The second kappa shape index (κ2) is 7.26. The Balaban J connectivity index is 1.62. The number of anilines is 1. The van der Waals surface area contributed by atoms with Crippen LogP contribution in [0.2, 0.25) is 5.02 Å². The molecule has 2 aliphatic heterocycles. The van der Waals surface area contributed by atoms with Crippen LogP contribution in [0, 0.1) is 18.3 Å². The van der Waals surface area contributed by atoms with Crippen LogP contribution in [0.25, 0.3) is 0 Å². The van der Waals surface area contributed by atoms with E-state index >= 15 is 0 Å². The van der Waals surface area contributed by atoms with Crippen LogP contribution in [0.3, 0.4) is 0 Å². The smallest absolute Gasteiger partial charge is 0.231 e. The van der Waals surface area contributed by atoms with Crippen molar-refractivity contribution in [1.82, 2.24) is 4.98 Å². The van der Waals surface area contributed by atoms with Gasteiger partial charge in [0, 0.05) is 25.2 Å². The summed E-state index contributed by atoms with van der Waals surface area (Å²) in [6.45, 7) is 4.13. The number of ether oxygens (including phenoxy) is 3. The van der Waals surface area contributed by atoms with Gasteiger partial charge in [0.15, 0.2) is 11.5 Å². The molecule has 27 heavy (non-hydrogen) atoms. The van der Waals surface area contributed by atoms with Gasteiger partial charge in [0.05, 0.1) is 16.3 Å².